The Morgan fingerprint density at radius 2 is 2.35 bits per heavy atom. The van der Waals surface area contributed by atoms with E-state index >= 15 is 0 Å². The molecule has 2 aromatic rings. The summed E-state index contributed by atoms with van der Waals surface area (Å²) in [6, 6.07) is 5.76. The molecule has 2 amide bonds. The number of likely N-dealkylation sites (tertiary alicyclic amines) is 1. The molecule has 3 rings (SSSR count). The molecule has 0 radical (unpaired) electrons. The Hall–Kier alpha value is -2.15. The molecule has 1 aliphatic heterocycles. The summed E-state index contributed by atoms with van der Waals surface area (Å²) in [5.74, 6) is 0.836. The first kappa shape index (κ1) is 15.7. The summed E-state index contributed by atoms with van der Waals surface area (Å²) in [6.07, 6.45) is 4.67. The Morgan fingerprint density at radius 3 is 3.22 bits per heavy atom. The first-order valence-electron chi connectivity index (χ1n) is 8.23. The zero-order valence-corrected chi connectivity index (χ0v) is 13.4. The lowest BCUT2D eigenvalue weighted by molar-refractivity contribution is 0.143. The summed E-state index contributed by atoms with van der Waals surface area (Å²) in [5, 5.41) is 11.5. The standard InChI is InChI=1S/C16H23N5O2/c1-2-23-12-6-9-17-16(22)20-11-5-7-13(20)15-19-18-14-8-3-4-10-21(14)15/h3-4,8,10,13H,2,5-7,9,11-12H2,1H3,(H,17,22). The highest BCUT2D eigenvalue weighted by atomic mass is 16.5. The summed E-state index contributed by atoms with van der Waals surface area (Å²) in [6.45, 7) is 4.74. The van der Waals surface area contributed by atoms with Crippen LogP contribution in [0.4, 0.5) is 4.79 Å². The lowest BCUT2D eigenvalue weighted by Crippen LogP contribution is -2.40. The van der Waals surface area contributed by atoms with E-state index in [0.29, 0.717) is 19.8 Å². The lowest BCUT2D eigenvalue weighted by atomic mass is 10.2. The average molecular weight is 317 g/mol. The third-order valence-electron chi connectivity index (χ3n) is 4.10. The first-order valence-corrected chi connectivity index (χ1v) is 8.23. The van der Waals surface area contributed by atoms with Gasteiger partial charge in [-0.15, -0.1) is 10.2 Å². The average Bonchev–Trinajstić information content (AvgIpc) is 3.20. The fourth-order valence-electron chi connectivity index (χ4n) is 2.98. The number of amides is 2. The van der Waals surface area contributed by atoms with Crippen molar-refractivity contribution in [2.24, 2.45) is 0 Å². The minimum Gasteiger partial charge on any atom is -0.382 e. The summed E-state index contributed by atoms with van der Waals surface area (Å²) < 4.78 is 7.25. The minimum atomic E-state index is -0.0309. The molecule has 0 aliphatic carbocycles. The summed E-state index contributed by atoms with van der Waals surface area (Å²) in [5.41, 5.74) is 0.812. The molecule has 1 N–H and O–H groups in total. The molecule has 124 valence electrons. The molecule has 1 unspecified atom stereocenters. The van der Waals surface area contributed by atoms with Crippen LogP contribution in [-0.4, -0.2) is 51.8 Å². The Labute approximate surface area is 135 Å². The molecule has 0 saturated carbocycles. The van der Waals surface area contributed by atoms with Gasteiger partial charge in [-0.25, -0.2) is 4.79 Å². The third kappa shape index (κ3) is 3.44. The van der Waals surface area contributed by atoms with E-state index in [1.807, 2.05) is 40.6 Å². The highest BCUT2D eigenvalue weighted by Gasteiger charge is 2.33. The molecule has 7 heteroatoms. The molecule has 0 bridgehead atoms. The van der Waals surface area contributed by atoms with Gasteiger partial charge in [-0.2, -0.15) is 0 Å². The van der Waals surface area contributed by atoms with Gasteiger partial charge in [0.1, 0.15) is 0 Å². The predicted octanol–water partition coefficient (Wildman–Crippen LogP) is 2.00. The molecular weight excluding hydrogens is 294 g/mol. The quantitative estimate of drug-likeness (QED) is 0.827. The van der Waals surface area contributed by atoms with E-state index in [9.17, 15) is 4.79 Å². The highest BCUT2D eigenvalue weighted by molar-refractivity contribution is 5.75. The summed E-state index contributed by atoms with van der Waals surface area (Å²) in [7, 11) is 0. The van der Waals surface area contributed by atoms with Crippen LogP contribution in [0.15, 0.2) is 24.4 Å². The van der Waals surface area contributed by atoms with Crippen LogP contribution in [0.5, 0.6) is 0 Å². The van der Waals surface area contributed by atoms with Gasteiger partial charge in [-0.1, -0.05) is 6.07 Å². The number of carbonyl (C=O) groups excluding carboxylic acids is 1. The van der Waals surface area contributed by atoms with Crippen LogP contribution in [0.25, 0.3) is 5.65 Å². The number of aromatic nitrogens is 3. The first-order chi connectivity index (χ1) is 11.3. The van der Waals surface area contributed by atoms with Gasteiger partial charge in [-0.3, -0.25) is 4.40 Å². The molecule has 2 aromatic heterocycles. The van der Waals surface area contributed by atoms with Gasteiger partial charge in [0.25, 0.3) is 0 Å². The molecule has 1 fully saturated rings. The van der Waals surface area contributed by atoms with Crippen molar-refractivity contribution in [1.82, 2.24) is 24.8 Å². The molecule has 3 heterocycles. The van der Waals surface area contributed by atoms with Crippen LogP contribution in [0.3, 0.4) is 0 Å². The van der Waals surface area contributed by atoms with Crippen LogP contribution in [0.1, 0.15) is 38.1 Å². The van der Waals surface area contributed by atoms with Crippen molar-refractivity contribution in [1.29, 1.82) is 0 Å². The second-order valence-electron chi connectivity index (χ2n) is 5.62. The predicted molar refractivity (Wildman–Crippen MR) is 86.2 cm³/mol. The van der Waals surface area contributed by atoms with Gasteiger partial charge in [0, 0.05) is 32.5 Å². The third-order valence-corrected chi connectivity index (χ3v) is 4.10. The number of urea groups is 1. The molecule has 7 nitrogen and oxygen atoms in total. The Bertz CT molecular complexity index is 657. The molecule has 1 saturated heterocycles. The van der Waals surface area contributed by atoms with Crippen molar-refractivity contribution < 1.29 is 9.53 Å². The topological polar surface area (TPSA) is 71.8 Å². The van der Waals surface area contributed by atoms with E-state index in [-0.39, 0.29) is 12.1 Å². The van der Waals surface area contributed by atoms with Crippen LogP contribution >= 0.6 is 0 Å². The van der Waals surface area contributed by atoms with Crippen molar-refractivity contribution in [3.8, 4) is 0 Å². The second-order valence-corrected chi connectivity index (χ2v) is 5.62. The summed E-state index contributed by atoms with van der Waals surface area (Å²) >= 11 is 0. The van der Waals surface area contributed by atoms with Crippen LogP contribution < -0.4 is 5.32 Å². The number of hydrogen-bond donors (Lipinski definition) is 1. The van der Waals surface area contributed by atoms with E-state index in [1.54, 1.807) is 0 Å². The maximum Gasteiger partial charge on any atom is 0.318 e. The lowest BCUT2D eigenvalue weighted by Gasteiger charge is -2.23. The van der Waals surface area contributed by atoms with Gasteiger partial charge < -0.3 is 15.0 Å². The highest BCUT2D eigenvalue weighted by Crippen LogP contribution is 2.30. The van der Waals surface area contributed by atoms with Gasteiger partial charge in [0.15, 0.2) is 11.5 Å². The number of ether oxygens (including phenoxy) is 1. The largest absolute Gasteiger partial charge is 0.382 e. The van der Waals surface area contributed by atoms with Crippen molar-refractivity contribution in [2.75, 3.05) is 26.3 Å². The van der Waals surface area contributed by atoms with Crippen LogP contribution in [-0.2, 0) is 4.74 Å². The fraction of sp³-hybridized carbons (Fsp3) is 0.562. The maximum absolute atomic E-state index is 12.4. The van der Waals surface area contributed by atoms with Crippen molar-refractivity contribution in [3.63, 3.8) is 0 Å². The Kier molecular flexibility index (Phi) is 5.07. The molecule has 1 atom stereocenters. The SMILES string of the molecule is CCOCCCNC(=O)N1CCCC1c1nnc2ccccn12. The number of rotatable bonds is 6. The van der Waals surface area contributed by atoms with Gasteiger partial charge in [0.05, 0.1) is 6.04 Å². The number of fused-ring (bicyclic) bond motifs is 1. The van der Waals surface area contributed by atoms with Crippen LogP contribution in [0, 0.1) is 0 Å². The molecule has 0 spiro atoms. The van der Waals surface area contributed by atoms with Gasteiger partial charge in [0.2, 0.25) is 0 Å². The van der Waals surface area contributed by atoms with Crippen molar-refractivity contribution >= 4 is 11.7 Å². The van der Waals surface area contributed by atoms with Crippen molar-refractivity contribution in [3.05, 3.63) is 30.2 Å². The Morgan fingerprint density at radius 1 is 1.43 bits per heavy atom. The molecule has 1 aliphatic rings. The minimum absolute atomic E-state index is 0.0145. The van der Waals surface area contributed by atoms with Gasteiger partial charge in [-0.05, 0) is 38.3 Å². The number of carbonyl (C=O) groups is 1. The Balaban J connectivity index is 1.64. The fourth-order valence-corrected chi connectivity index (χ4v) is 2.98. The summed E-state index contributed by atoms with van der Waals surface area (Å²) in [4.78, 5) is 14.3. The van der Waals surface area contributed by atoms with Crippen molar-refractivity contribution in [2.45, 2.75) is 32.2 Å². The normalized spacial score (nSPS) is 17.8. The number of nitrogens with one attached hydrogen (secondary N) is 1. The monoisotopic (exact) mass is 317 g/mol. The zero-order chi connectivity index (χ0) is 16.1. The van der Waals surface area contributed by atoms with E-state index in [0.717, 1.165) is 37.3 Å². The second kappa shape index (κ2) is 7.41. The smallest absolute Gasteiger partial charge is 0.318 e. The van der Waals surface area contributed by atoms with E-state index in [1.165, 1.54) is 0 Å². The van der Waals surface area contributed by atoms with E-state index < -0.39 is 0 Å². The molecule has 0 aromatic carbocycles. The number of nitrogens with zero attached hydrogens (tertiary/aromatic N) is 4. The van der Waals surface area contributed by atoms with E-state index in [2.05, 4.69) is 15.5 Å². The van der Waals surface area contributed by atoms with E-state index in [4.69, 9.17) is 4.74 Å². The molecule has 23 heavy (non-hydrogen) atoms. The zero-order valence-electron chi connectivity index (χ0n) is 13.4. The van der Waals surface area contributed by atoms with Crippen LogP contribution in [0.2, 0.25) is 0 Å². The number of pyridine rings is 1. The molecular formula is C16H23N5O2. The number of hydrogen-bond acceptors (Lipinski definition) is 4. The van der Waals surface area contributed by atoms with Gasteiger partial charge >= 0.3 is 6.03 Å². The maximum atomic E-state index is 12.4.